The number of Topliss-reactive ketones (excluding diaryl/α,β-unsaturated/α-hetero) is 1. The molecule has 1 aliphatic rings. The highest BCUT2D eigenvalue weighted by molar-refractivity contribution is 5.95. The maximum absolute atomic E-state index is 12.4. The number of anilines is 1. The lowest BCUT2D eigenvalue weighted by molar-refractivity contribution is 0.0965. The molecule has 0 saturated carbocycles. The molecule has 2 heterocycles. The number of aryl methyl sites for hydroxylation is 1. The standard InChI is InChI=1S/C15H17N3O/c1-2-18-14(7-8-17-18)15(19)9-11-10-16-13-6-4-3-5-12(11)13/h3-8,11,16H,2,9-10H2,1H3. The van der Waals surface area contributed by atoms with E-state index in [1.807, 2.05) is 19.1 Å². The molecule has 1 aliphatic heterocycles. The first-order chi connectivity index (χ1) is 9.29. The highest BCUT2D eigenvalue weighted by Gasteiger charge is 2.25. The average molecular weight is 255 g/mol. The number of hydrogen-bond acceptors (Lipinski definition) is 3. The van der Waals surface area contributed by atoms with E-state index in [-0.39, 0.29) is 11.7 Å². The van der Waals surface area contributed by atoms with Crippen LogP contribution >= 0.6 is 0 Å². The minimum Gasteiger partial charge on any atom is -0.384 e. The van der Waals surface area contributed by atoms with Crippen molar-refractivity contribution in [3.05, 3.63) is 47.8 Å². The Hall–Kier alpha value is -2.10. The van der Waals surface area contributed by atoms with Crippen molar-refractivity contribution in [1.29, 1.82) is 0 Å². The second-order valence-electron chi connectivity index (χ2n) is 4.82. The van der Waals surface area contributed by atoms with E-state index < -0.39 is 0 Å². The van der Waals surface area contributed by atoms with Crippen LogP contribution in [0.3, 0.4) is 0 Å². The summed E-state index contributed by atoms with van der Waals surface area (Å²) in [5, 5.41) is 7.51. The minimum absolute atomic E-state index is 0.169. The number of nitrogens with zero attached hydrogens (tertiary/aromatic N) is 2. The molecule has 0 saturated heterocycles. The van der Waals surface area contributed by atoms with Gasteiger partial charge in [-0.3, -0.25) is 9.48 Å². The molecule has 0 bridgehead atoms. The lowest BCUT2D eigenvalue weighted by atomic mass is 9.95. The largest absolute Gasteiger partial charge is 0.384 e. The van der Waals surface area contributed by atoms with Gasteiger partial charge in [0.15, 0.2) is 5.78 Å². The van der Waals surface area contributed by atoms with Gasteiger partial charge in [-0.2, -0.15) is 5.10 Å². The van der Waals surface area contributed by atoms with Gasteiger partial charge in [-0.25, -0.2) is 0 Å². The molecule has 3 rings (SSSR count). The number of para-hydroxylation sites is 1. The molecule has 2 aromatic rings. The van der Waals surface area contributed by atoms with Gasteiger partial charge in [0.05, 0.1) is 0 Å². The summed E-state index contributed by atoms with van der Waals surface area (Å²) in [7, 11) is 0. The number of fused-ring (bicyclic) bond motifs is 1. The summed E-state index contributed by atoms with van der Waals surface area (Å²) in [6.07, 6.45) is 2.23. The Labute approximate surface area is 112 Å². The van der Waals surface area contributed by atoms with Crippen LogP contribution in [0.2, 0.25) is 0 Å². The van der Waals surface area contributed by atoms with E-state index in [1.54, 1.807) is 16.9 Å². The number of benzene rings is 1. The third kappa shape index (κ3) is 2.14. The predicted octanol–water partition coefficient (Wildman–Crippen LogP) is 2.69. The first kappa shape index (κ1) is 12.0. The van der Waals surface area contributed by atoms with Gasteiger partial charge in [-0.05, 0) is 24.6 Å². The molecule has 0 spiro atoms. The van der Waals surface area contributed by atoms with Crippen LogP contribution in [0.4, 0.5) is 5.69 Å². The van der Waals surface area contributed by atoms with Crippen LogP contribution in [0.15, 0.2) is 36.5 Å². The Balaban J connectivity index is 1.78. The summed E-state index contributed by atoms with van der Waals surface area (Å²) < 4.78 is 1.76. The second-order valence-corrected chi connectivity index (χ2v) is 4.82. The monoisotopic (exact) mass is 255 g/mol. The Morgan fingerprint density at radius 2 is 2.26 bits per heavy atom. The Kier molecular flexibility index (Phi) is 3.07. The molecule has 4 nitrogen and oxygen atoms in total. The van der Waals surface area contributed by atoms with E-state index in [4.69, 9.17) is 0 Å². The van der Waals surface area contributed by atoms with Crippen molar-refractivity contribution in [2.75, 3.05) is 11.9 Å². The van der Waals surface area contributed by atoms with E-state index in [0.717, 1.165) is 18.8 Å². The average Bonchev–Trinajstić information content (AvgIpc) is 3.05. The maximum Gasteiger partial charge on any atom is 0.181 e. The Morgan fingerprint density at radius 1 is 1.42 bits per heavy atom. The van der Waals surface area contributed by atoms with Crippen LogP contribution in [0, 0.1) is 0 Å². The molecule has 1 atom stereocenters. The van der Waals surface area contributed by atoms with Crippen molar-refractivity contribution in [3.8, 4) is 0 Å². The van der Waals surface area contributed by atoms with Gasteiger partial charge in [0.1, 0.15) is 5.69 Å². The van der Waals surface area contributed by atoms with Gasteiger partial charge < -0.3 is 5.32 Å². The lowest BCUT2D eigenvalue weighted by Crippen LogP contribution is -2.14. The summed E-state index contributed by atoms with van der Waals surface area (Å²) in [5.41, 5.74) is 3.12. The van der Waals surface area contributed by atoms with Crippen LogP contribution in [0.5, 0.6) is 0 Å². The van der Waals surface area contributed by atoms with Crippen LogP contribution < -0.4 is 5.32 Å². The number of carbonyl (C=O) groups is 1. The fourth-order valence-corrected chi connectivity index (χ4v) is 2.69. The Bertz CT molecular complexity index is 603. The van der Waals surface area contributed by atoms with Crippen LogP contribution in [-0.2, 0) is 6.54 Å². The van der Waals surface area contributed by atoms with Crippen LogP contribution in [-0.4, -0.2) is 22.1 Å². The van der Waals surface area contributed by atoms with E-state index in [2.05, 4.69) is 22.5 Å². The van der Waals surface area contributed by atoms with Crippen LogP contribution in [0.1, 0.15) is 35.3 Å². The fourth-order valence-electron chi connectivity index (χ4n) is 2.69. The molecule has 19 heavy (non-hydrogen) atoms. The molecule has 1 N–H and O–H groups in total. The van der Waals surface area contributed by atoms with Crippen molar-refractivity contribution in [3.63, 3.8) is 0 Å². The first-order valence-corrected chi connectivity index (χ1v) is 6.67. The van der Waals surface area contributed by atoms with Crippen molar-refractivity contribution < 1.29 is 4.79 Å². The van der Waals surface area contributed by atoms with Gasteiger partial charge in [-0.15, -0.1) is 0 Å². The zero-order chi connectivity index (χ0) is 13.2. The number of rotatable bonds is 4. The summed E-state index contributed by atoms with van der Waals surface area (Å²) in [5.74, 6) is 0.437. The minimum atomic E-state index is 0.169. The normalized spacial score (nSPS) is 17.0. The van der Waals surface area contributed by atoms with Gasteiger partial charge >= 0.3 is 0 Å². The third-order valence-electron chi connectivity index (χ3n) is 3.67. The van der Waals surface area contributed by atoms with E-state index in [0.29, 0.717) is 12.1 Å². The highest BCUT2D eigenvalue weighted by Crippen LogP contribution is 2.33. The third-order valence-corrected chi connectivity index (χ3v) is 3.67. The van der Waals surface area contributed by atoms with Gasteiger partial charge in [0.25, 0.3) is 0 Å². The zero-order valence-electron chi connectivity index (χ0n) is 11.0. The molecular formula is C15H17N3O. The molecule has 1 aromatic carbocycles. The number of ketones is 1. The van der Waals surface area contributed by atoms with Gasteiger partial charge in [0.2, 0.25) is 0 Å². The first-order valence-electron chi connectivity index (χ1n) is 6.67. The summed E-state index contributed by atoms with van der Waals surface area (Å²) >= 11 is 0. The second kappa shape index (κ2) is 4.88. The van der Waals surface area contributed by atoms with Crippen molar-refractivity contribution >= 4 is 11.5 Å². The smallest absolute Gasteiger partial charge is 0.181 e. The molecule has 0 fully saturated rings. The summed E-state index contributed by atoms with van der Waals surface area (Å²) in [6.45, 7) is 3.56. The maximum atomic E-state index is 12.4. The SMILES string of the molecule is CCn1nccc1C(=O)CC1CNc2ccccc21. The quantitative estimate of drug-likeness (QED) is 0.854. The van der Waals surface area contributed by atoms with E-state index in [9.17, 15) is 4.79 Å². The summed E-state index contributed by atoms with van der Waals surface area (Å²) in [4.78, 5) is 12.4. The number of aromatic nitrogens is 2. The molecule has 4 heteroatoms. The molecule has 1 unspecified atom stereocenters. The highest BCUT2D eigenvalue weighted by atomic mass is 16.1. The number of carbonyl (C=O) groups excluding carboxylic acids is 1. The van der Waals surface area contributed by atoms with Crippen molar-refractivity contribution in [2.45, 2.75) is 25.8 Å². The zero-order valence-corrected chi connectivity index (χ0v) is 11.0. The molecule has 1 aromatic heterocycles. The van der Waals surface area contributed by atoms with Crippen molar-refractivity contribution in [1.82, 2.24) is 9.78 Å². The Morgan fingerprint density at radius 3 is 3.11 bits per heavy atom. The van der Waals surface area contributed by atoms with E-state index in [1.165, 1.54) is 5.56 Å². The molecule has 0 aliphatic carbocycles. The number of hydrogen-bond donors (Lipinski definition) is 1. The number of nitrogens with one attached hydrogen (secondary N) is 1. The summed E-state index contributed by atoms with van der Waals surface area (Å²) in [6, 6.07) is 10.0. The molecule has 98 valence electrons. The molecular weight excluding hydrogens is 238 g/mol. The molecule has 0 radical (unpaired) electrons. The van der Waals surface area contributed by atoms with Crippen LogP contribution in [0.25, 0.3) is 0 Å². The fraction of sp³-hybridized carbons (Fsp3) is 0.333. The van der Waals surface area contributed by atoms with Gasteiger partial charge in [0, 0.05) is 37.3 Å². The van der Waals surface area contributed by atoms with Crippen molar-refractivity contribution in [2.24, 2.45) is 0 Å². The van der Waals surface area contributed by atoms with Gasteiger partial charge in [-0.1, -0.05) is 18.2 Å². The van der Waals surface area contributed by atoms with E-state index >= 15 is 0 Å². The lowest BCUT2D eigenvalue weighted by Gasteiger charge is -2.10. The predicted molar refractivity (Wildman–Crippen MR) is 74.5 cm³/mol. The topological polar surface area (TPSA) is 46.9 Å². The molecule has 0 amide bonds.